The molecule has 1 N–H and O–H groups in total. The van der Waals surface area contributed by atoms with Crippen molar-refractivity contribution in [3.05, 3.63) is 66.2 Å². The summed E-state index contributed by atoms with van der Waals surface area (Å²) in [7, 11) is 0. The summed E-state index contributed by atoms with van der Waals surface area (Å²) >= 11 is 0. The average Bonchev–Trinajstić information content (AvgIpc) is 2.21. The molecule has 2 aromatic carbocycles. The summed E-state index contributed by atoms with van der Waals surface area (Å²) in [6.45, 7) is 2.08. The summed E-state index contributed by atoms with van der Waals surface area (Å²) in [6.07, 6.45) is 0. The van der Waals surface area contributed by atoms with Crippen LogP contribution in [0.1, 0.15) is 5.56 Å². The van der Waals surface area contributed by atoms with Gasteiger partial charge in [-0.05, 0) is 19.1 Å². The lowest BCUT2D eigenvalue weighted by molar-refractivity contribution is 0.475. The highest BCUT2D eigenvalue weighted by atomic mass is 35.5. The lowest BCUT2D eigenvalue weighted by Gasteiger charge is -1.82. The molecule has 0 aliphatic heterocycles. The lowest BCUT2D eigenvalue weighted by atomic mass is 10.2. The first kappa shape index (κ1) is 13.5. The maximum atomic E-state index is 8.63. The molecule has 2 heteroatoms. The number of aryl methyl sites for hydroxylation is 1. The highest BCUT2D eigenvalue weighted by molar-refractivity contribution is 5.85. The van der Waals surface area contributed by atoms with E-state index in [1.54, 1.807) is 24.3 Å². The molecule has 0 heterocycles. The van der Waals surface area contributed by atoms with Crippen molar-refractivity contribution in [3.63, 3.8) is 0 Å². The third-order valence-corrected chi connectivity index (χ3v) is 1.70. The average molecular weight is 223 g/mol. The van der Waals surface area contributed by atoms with Crippen LogP contribution >= 0.6 is 12.4 Å². The SMILES string of the molecule is Cc1ccccc1.Cl.Oc1ccccc1. The zero-order chi connectivity index (χ0) is 10.2. The number of hydrogen-bond donors (Lipinski definition) is 1. The van der Waals surface area contributed by atoms with Crippen LogP contribution in [0.4, 0.5) is 0 Å². The van der Waals surface area contributed by atoms with Crippen LogP contribution in [0.2, 0.25) is 0 Å². The Kier molecular flexibility index (Phi) is 7.12. The second-order valence-electron chi connectivity index (χ2n) is 2.99. The van der Waals surface area contributed by atoms with Crippen molar-refractivity contribution in [2.45, 2.75) is 6.92 Å². The predicted molar refractivity (Wildman–Crippen MR) is 66.5 cm³/mol. The first-order chi connectivity index (χ1) is 6.79. The molecule has 0 radical (unpaired) electrons. The Morgan fingerprint density at radius 3 is 1.33 bits per heavy atom. The number of rotatable bonds is 0. The fourth-order valence-electron chi connectivity index (χ4n) is 0.962. The number of benzene rings is 2. The van der Waals surface area contributed by atoms with Gasteiger partial charge >= 0.3 is 0 Å². The van der Waals surface area contributed by atoms with Gasteiger partial charge in [0.2, 0.25) is 0 Å². The summed E-state index contributed by atoms with van der Waals surface area (Å²) < 4.78 is 0. The number of aromatic hydroxyl groups is 1. The van der Waals surface area contributed by atoms with Crippen molar-refractivity contribution in [2.75, 3.05) is 0 Å². The first-order valence-electron chi connectivity index (χ1n) is 4.54. The van der Waals surface area contributed by atoms with Crippen LogP contribution in [-0.2, 0) is 0 Å². The third-order valence-electron chi connectivity index (χ3n) is 1.70. The van der Waals surface area contributed by atoms with E-state index < -0.39 is 0 Å². The van der Waals surface area contributed by atoms with Gasteiger partial charge < -0.3 is 5.11 Å². The van der Waals surface area contributed by atoms with Crippen LogP contribution in [0, 0.1) is 6.92 Å². The van der Waals surface area contributed by atoms with Crippen molar-refractivity contribution in [3.8, 4) is 5.75 Å². The van der Waals surface area contributed by atoms with Crippen molar-refractivity contribution >= 4 is 12.4 Å². The van der Waals surface area contributed by atoms with Crippen LogP contribution < -0.4 is 0 Å². The van der Waals surface area contributed by atoms with E-state index >= 15 is 0 Å². The van der Waals surface area contributed by atoms with Gasteiger partial charge in [0.05, 0.1) is 0 Å². The third kappa shape index (κ3) is 6.58. The Morgan fingerprint density at radius 1 is 0.733 bits per heavy atom. The Balaban J connectivity index is 0.000000245. The van der Waals surface area contributed by atoms with Crippen molar-refractivity contribution in [2.24, 2.45) is 0 Å². The fraction of sp³-hybridized carbons (Fsp3) is 0.0769. The van der Waals surface area contributed by atoms with E-state index in [9.17, 15) is 0 Å². The molecule has 0 fully saturated rings. The van der Waals surface area contributed by atoms with Gasteiger partial charge in [-0.25, -0.2) is 0 Å². The summed E-state index contributed by atoms with van der Waals surface area (Å²) in [5, 5.41) is 8.63. The van der Waals surface area contributed by atoms with E-state index in [0.29, 0.717) is 5.75 Å². The van der Waals surface area contributed by atoms with Crippen molar-refractivity contribution in [1.29, 1.82) is 0 Å². The standard InChI is InChI=1S/C7H8.C6H6O.ClH/c1-7-5-3-2-4-6-7;7-6-4-2-1-3-5-6;/h2-6H,1H3;1-5,7H;1H. The quantitative estimate of drug-likeness (QED) is 0.719. The lowest BCUT2D eigenvalue weighted by Crippen LogP contribution is -1.62. The van der Waals surface area contributed by atoms with Gasteiger partial charge in [0.15, 0.2) is 0 Å². The minimum absolute atomic E-state index is 0. The first-order valence-corrected chi connectivity index (χ1v) is 4.54. The minimum atomic E-state index is 0. The highest BCUT2D eigenvalue weighted by Crippen LogP contribution is 2.02. The number of phenolic OH excluding ortho intramolecular Hbond substituents is 1. The molecule has 0 saturated heterocycles. The maximum absolute atomic E-state index is 8.63. The highest BCUT2D eigenvalue weighted by Gasteiger charge is 1.74. The van der Waals surface area contributed by atoms with Gasteiger partial charge in [-0.15, -0.1) is 12.4 Å². The second kappa shape index (κ2) is 7.89. The Morgan fingerprint density at radius 2 is 1.13 bits per heavy atom. The number of phenols is 1. The Bertz CT molecular complexity index is 308. The molecule has 0 spiro atoms. The van der Waals surface area contributed by atoms with Crippen LogP contribution in [0.15, 0.2) is 60.7 Å². The molecule has 0 bridgehead atoms. The molecule has 0 aromatic heterocycles. The maximum Gasteiger partial charge on any atom is 0.115 e. The molecule has 2 aromatic rings. The molecular formula is C13H15ClO. The van der Waals surface area contributed by atoms with Gasteiger partial charge in [0, 0.05) is 0 Å². The summed E-state index contributed by atoms with van der Waals surface area (Å²) in [6, 6.07) is 19.0. The molecule has 0 atom stereocenters. The van der Waals surface area contributed by atoms with Gasteiger partial charge in [-0.3, -0.25) is 0 Å². The molecule has 0 amide bonds. The molecule has 2 rings (SSSR count). The predicted octanol–water partition coefficient (Wildman–Crippen LogP) is 3.81. The van der Waals surface area contributed by atoms with E-state index in [2.05, 4.69) is 19.1 Å². The Labute approximate surface area is 96.8 Å². The van der Waals surface area contributed by atoms with Gasteiger partial charge in [0.25, 0.3) is 0 Å². The summed E-state index contributed by atoms with van der Waals surface area (Å²) in [5.74, 6) is 0.322. The van der Waals surface area contributed by atoms with E-state index in [1.165, 1.54) is 5.56 Å². The van der Waals surface area contributed by atoms with Crippen molar-refractivity contribution < 1.29 is 5.11 Å². The van der Waals surface area contributed by atoms with Crippen LogP contribution in [-0.4, -0.2) is 5.11 Å². The van der Waals surface area contributed by atoms with Gasteiger partial charge in [0.1, 0.15) is 5.75 Å². The number of halogens is 1. The molecule has 0 saturated carbocycles. The Hall–Kier alpha value is -1.47. The fourth-order valence-corrected chi connectivity index (χ4v) is 0.962. The van der Waals surface area contributed by atoms with Gasteiger partial charge in [-0.2, -0.15) is 0 Å². The monoisotopic (exact) mass is 222 g/mol. The largest absolute Gasteiger partial charge is 0.508 e. The van der Waals surface area contributed by atoms with E-state index in [-0.39, 0.29) is 12.4 Å². The molecule has 80 valence electrons. The van der Waals surface area contributed by atoms with Crippen LogP contribution in [0.5, 0.6) is 5.75 Å². The summed E-state index contributed by atoms with van der Waals surface area (Å²) in [4.78, 5) is 0. The van der Waals surface area contributed by atoms with Crippen molar-refractivity contribution in [1.82, 2.24) is 0 Å². The van der Waals surface area contributed by atoms with Gasteiger partial charge in [-0.1, -0.05) is 54.1 Å². The smallest absolute Gasteiger partial charge is 0.115 e. The van der Waals surface area contributed by atoms with E-state index in [1.807, 2.05) is 24.3 Å². The zero-order valence-electron chi connectivity index (χ0n) is 8.63. The number of para-hydroxylation sites is 1. The normalized spacial score (nSPS) is 8.07. The van der Waals surface area contributed by atoms with Crippen LogP contribution in [0.25, 0.3) is 0 Å². The van der Waals surface area contributed by atoms with E-state index in [0.717, 1.165) is 0 Å². The topological polar surface area (TPSA) is 20.2 Å². The molecule has 15 heavy (non-hydrogen) atoms. The molecule has 0 aliphatic carbocycles. The zero-order valence-corrected chi connectivity index (χ0v) is 9.45. The van der Waals surface area contributed by atoms with Crippen LogP contribution in [0.3, 0.4) is 0 Å². The molecule has 0 unspecified atom stereocenters. The summed E-state index contributed by atoms with van der Waals surface area (Å²) in [5.41, 5.74) is 1.32. The minimum Gasteiger partial charge on any atom is -0.508 e. The van der Waals surface area contributed by atoms with E-state index in [4.69, 9.17) is 5.11 Å². The second-order valence-corrected chi connectivity index (χ2v) is 2.99. The molecule has 0 aliphatic rings. The number of hydrogen-bond acceptors (Lipinski definition) is 1. The molecule has 1 nitrogen and oxygen atoms in total. The molecular weight excluding hydrogens is 208 g/mol.